The van der Waals surface area contributed by atoms with Gasteiger partial charge in [-0.25, -0.2) is 0 Å². The molecule has 0 bridgehead atoms. The number of pyridine rings is 1. The summed E-state index contributed by atoms with van der Waals surface area (Å²) in [4.78, 5) is 20.5. The van der Waals surface area contributed by atoms with Crippen molar-refractivity contribution in [1.29, 1.82) is 0 Å². The number of H-pyrrole nitrogens is 1. The summed E-state index contributed by atoms with van der Waals surface area (Å²) in [6.45, 7) is 1.74. The van der Waals surface area contributed by atoms with Crippen LogP contribution in [0.25, 0.3) is 21.8 Å². The van der Waals surface area contributed by atoms with Gasteiger partial charge in [0.1, 0.15) is 0 Å². The molecule has 1 aliphatic rings. The fourth-order valence-electron chi connectivity index (χ4n) is 5.50. The summed E-state index contributed by atoms with van der Waals surface area (Å²) in [5, 5.41) is 9.98. The second-order valence-electron chi connectivity index (χ2n) is 10.2. The van der Waals surface area contributed by atoms with Crippen molar-refractivity contribution in [2.75, 3.05) is 18.4 Å². The zero-order valence-electron chi connectivity index (χ0n) is 21.5. The highest BCUT2D eigenvalue weighted by molar-refractivity contribution is 6.31. The first-order valence-corrected chi connectivity index (χ1v) is 14.2. The first-order valence-electron chi connectivity index (χ1n) is 13.9. The van der Waals surface area contributed by atoms with Crippen molar-refractivity contribution in [3.63, 3.8) is 0 Å². The molecule has 0 spiro atoms. The van der Waals surface area contributed by atoms with Crippen molar-refractivity contribution in [1.82, 2.24) is 15.3 Å². The van der Waals surface area contributed by atoms with Crippen LogP contribution < -0.4 is 10.6 Å². The normalized spacial score (nSPS) is 13.1. The Morgan fingerprint density at radius 3 is 2.68 bits per heavy atom. The lowest BCUT2D eigenvalue weighted by Crippen LogP contribution is -2.24. The molecule has 5 rings (SSSR count). The minimum atomic E-state index is 0.142. The Bertz CT molecular complexity index is 1360. The van der Waals surface area contributed by atoms with Crippen LogP contribution in [-0.4, -0.2) is 29.0 Å². The number of amides is 1. The molecule has 0 fully saturated rings. The van der Waals surface area contributed by atoms with Crippen molar-refractivity contribution in [3.05, 3.63) is 70.5 Å². The van der Waals surface area contributed by atoms with Crippen LogP contribution >= 0.6 is 11.6 Å². The maximum absolute atomic E-state index is 12.3. The highest BCUT2D eigenvalue weighted by atomic mass is 35.5. The summed E-state index contributed by atoms with van der Waals surface area (Å²) in [5.74, 6) is 0.142. The van der Waals surface area contributed by atoms with E-state index in [1.54, 1.807) is 0 Å². The number of nitrogens with zero attached hydrogens (tertiary/aromatic N) is 1. The van der Waals surface area contributed by atoms with Gasteiger partial charge in [-0.05, 0) is 80.3 Å². The number of rotatable bonds is 12. The highest BCUT2D eigenvalue weighted by Crippen LogP contribution is 2.34. The molecule has 0 radical (unpaired) electrons. The fourth-order valence-corrected chi connectivity index (χ4v) is 5.66. The maximum Gasteiger partial charge on any atom is 0.220 e. The van der Waals surface area contributed by atoms with Gasteiger partial charge in [0.25, 0.3) is 0 Å². The van der Waals surface area contributed by atoms with E-state index in [1.165, 1.54) is 59.0 Å². The SMILES string of the molecule is O=C(CCc1c[nH]c2ccccc12)NCCCCCCCNc1c2c(nc3cc(Cl)ccc13)CCCC2. The lowest BCUT2D eigenvalue weighted by atomic mass is 9.92. The minimum Gasteiger partial charge on any atom is -0.384 e. The van der Waals surface area contributed by atoms with Gasteiger partial charge in [-0.2, -0.15) is 0 Å². The Kier molecular flexibility index (Phi) is 8.62. The molecule has 0 aliphatic heterocycles. The number of benzene rings is 2. The van der Waals surface area contributed by atoms with Crippen LogP contribution in [0, 0.1) is 0 Å². The maximum atomic E-state index is 12.3. The molecule has 3 N–H and O–H groups in total. The topological polar surface area (TPSA) is 69.8 Å². The lowest BCUT2D eigenvalue weighted by molar-refractivity contribution is -0.121. The summed E-state index contributed by atoms with van der Waals surface area (Å²) in [6, 6.07) is 14.3. The number of hydrogen-bond donors (Lipinski definition) is 3. The Morgan fingerprint density at radius 1 is 0.946 bits per heavy atom. The molecular formula is C31H37ClN4O. The zero-order chi connectivity index (χ0) is 25.5. The van der Waals surface area contributed by atoms with Crippen LogP contribution in [0.5, 0.6) is 0 Å². The van der Waals surface area contributed by atoms with Gasteiger partial charge in [-0.15, -0.1) is 0 Å². The third kappa shape index (κ3) is 6.45. The van der Waals surface area contributed by atoms with Gasteiger partial charge in [-0.1, -0.05) is 49.1 Å². The summed E-state index contributed by atoms with van der Waals surface area (Å²) >= 11 is 6.24. The lowest BCUT2D eigenvalue weighted by Gasteiger charge is -2.22. The fraction of sp³-hybridized carbons (Fsp3) is 0.419. The number of carbonyl (C=O) groups excluding carboxylic acids is 1. The third-order valence-electron chi connectivity index (χ3n) is 7.50. The number of carbonyl (C=O) groups is 1. The number of aromatic nitrogens is 2. The average molecular weight is 517 g/mol. The molecule has 2 aromatic heterocycles. The number of hydrogen-bond acceptors (Lipinski definition) is 3. The van der Waals surface area contributed by atoms with Crippen LogP contribution in [0.15, 0.2) is 48.7 Å². The molecule has 6 heteroatoms. The van der Waals surface area contributed by atoms with E-state index in [1.807, 2.05) is 30.5 Å². The van der Waals surface area contributed by atoms with Gasteiger partial charge in [0.2, 0.25) is 5.91 Å². The highest BCUT2D eigenvalue weighted by Gasteiger charge is 2.18. The van der Waals surface area contributed by atoms with E-state index in [-0.39, 0.29) is 5.91 Å². The molecule has 0 saturated carbocycles. The molecule has 194 valence electrons. The smallest absolute Gasteiger partial charge is 0.220 e. The van der Waals surface area contributed by atoms with Crippen molar-refractivity contribution < 1.29 is 4.79 Å². The predicted octanol–water partition coefficient (Wildman–Crippen LogP) is 7.36. The Balaban J connectivity index is 0.983. The summed E-state index contributed by atoms with van der Waals surface area (Å²) < 4.78 is 0. The van der Waals surface area contributed by atoms with Crippen molar-refractivity contribution >= 4 is 45.0 Å². The van der Waals surface area contributed by atoms with Gasteiger partial charge in [0.15, 0.2) is 0 Å². The predicted molar refractivity (Wildman–Crippen MR) is 155 cm³/mol. The van der Waals surface area contributed by atoms with Crippen LogP contribution in [-0.2, 0) is 24.1 Å². The molecule has 2 aromatic carbocycles. The molecule has 1 amide bonds. The molecule has 0 saturated heterocycles. The Hall–Kier alpha value is -3.05. The number of halogens is 1. The molecule has 0 atom stereocenters. The number of nitrogens with one attached hydrogen (secondary N) is 3. The molecule has 37 heavy (non-hydrogen) atoms. The van der Waals surface area contributed by atoms with Crippen LogP contribution in [0.4, 0.5) is 5.69 Å². The second kappa shape index (κ2) is 12.5. The molecule has 1 aliphatic carbocycles. The molecular weight excluding hydrogens is 480 g/mol. The summed E-state index contributed by atoms with van der Waals surface area (Å²) in [7, 11) is 0. The van der Waals surface area contributed by atoms with Gasteiger partial charge in [0, 0.05) is 58.4 Å². The van der Waals surface area contributed by atoms with E-state index in [0.29, 0.717) is 6.42 Å². The zero-order valence-corrected chi connectivity index (χ0v) is 22.3. The molecule has 2 heterocycles. The van der Waals surface area contributed by atoms with Gasteiger partial charge in [0.05, 0.1) is 5.52 Å². The summed E-state index contributed by atoms with van der Waals surface area (Å²) in [6.07, 6.45) is 13.7. The van der Waals surface area contributed by atoms with Crippen LogP contribution in [0.3, 0.4) is 0 Å². The van der Waals surface area contributed by atoms with E-state index in [0.717, 1.165) is 67.7 Å². The number of para-hydroxylation sites is 1. The second-order valence-corrected chi connectivity index (χ2v) is 10.6. The number of aryl methyl sites for hydroxylation is 2. The molecule has 5 nitrogen and oxygen atoms in total. The third-order valence-corrected chi connectivity index (χ3v) is 7.73. The number of anilines is 1. The van der Waals surface area contributed by atoms with E-state index in [4.69, 9.17) is 16.6 Å². The van der Waals surface area contributed by atoms with E-state index >= 15 is 0 Å². The quantitative estimate of drug-likeness (QED) is 0.172. The minimum absolute atomic E-state index is 0.142. The first kappa shape index (κ1) is 25.6. The number of fused-ring (bicyclic) bond motifs is 3. The molecule has 0 unspecified atom stereocenters. The average Bonchev–Trinajstić information content (AvgIpc) is 3.33. The van der Waals surface area contributed by atoms with Crippen LogP contribution in [0.2, 0.25) is 5.02 Å². The summed E-state index contributed by atoms with van der Waals surface area (Å²) in [5.41, 5.74) is 7.26. The van der Waals surface area contributed by atoms with E-state index < -0.39 is 0 Å². The van der Waals surface area contributed by atoms with Gasteiger partial charge in [-0.3, -0.25) is 9.78 Å². The largest absolute Gasteiger partial charge is 0.384 e. The van der Waals surface area contributed by atoms with Crippen molar-refractivity contribution in [3.8, 4) is 0 Å². The monoisotopic (exact) mass is 516 g/mol. The van der Waals surface area contributed by atoms with Crippen molar-refractivity contribution in [2.45, 2.75) is 70.6 Å². The molecule has 4 aromatic rings. The number of aromatic amines is 1. The van der Waals surface area contributed by atoms with E-state index in [9.17, 15) is 4.79 Å². The first-order chi connectivity index (χ1) is 18.2. The Morgan fingerprint density at radius 2 is 1.76 bits per heavy atom. The Labute approximate surface area is 224 Å². The van der Waals surface area contributed by atoms with Crippen molar-refractivity contribution in [2.24, 2.45) is 0 Å². The van der Waals surface area contributed by atoms with Gasteiger partial charge >= 0.3 is 0 Å². The van der Waals surface area contributed by atoms with Gasteiger partial charge < -0.3 is 15.6 Å². The van der Waals surface area contributed by atoms with Crippen LogP contribution in [0.1, 0.15) is 68.2 Å². The van der Waals surface area contributed by atoms with E-state index in [2.05, 4.69) is 33.8 Å². The number of unbranched alkanes of at least 4 members (excludes halogenated alkanes) is 4. The standard InChI is InChI=1S/C31H37ClN4O/c32-23-15-16-26-29(20-23)36-28-13-7-5-11-25(28)31(26)34-19-9-3-1-2-8-18-33-30(37)17-14-22-21-35-27-12-6-4-10-24(22)27/h4,6,10,12,15-16,20-21,35H,1-3,5,7-9,11,13-14,17-19H2,(H,33,37)(H,34,36).